The first-order chi connectivity index (χ1) is 10.1. The highest BCUT2D eigenvalue weighted by Crippen LogP contribution is 2.25. The molecule has 0 fully saturated rings. The van der Waals surface area contributed by atoms with E-state index in [4.69, 9.17) is 0 Å². The Kier molecular flexibility index (Phi) is 5.10. The van der Waals surface area contributed by atoms with E-state index < -0.39 is 4.92 Å². The van der Waals surface area contributed by atoms with Gasteiger partial charge in [0.1, 0.15) is 5.82 Å². The summed E-state index contributed by atoms with van der Waals surface area (Å²) in [5.41, 5.74) is 1.21. The maximum atomic E-state index is 11.1. The largest absolute Gasteiger partial charge is 0.370 e. The minimum atomic E-state index is -0.414. The zero-order chi connectivity index (χ0) is 15.2. The molecule has 0 saturated heterocycles. The van der Waals surface area contributed by atoms with Crippen LogP contribution in [-0.2, 0) is 6.42 Å². The predicted molar refractivity (Wildman–Crippen MR) is 86.2 cm³/mol. The minimum Gasteiger partial charge on any atom is -0.370 e. The number of thiophene rings is 1. The molecule has 6 nitrogen and oxygen atoms in total. The Hall–Kier alpha value is -2.15. The quantitative estimate of drug-likeness (QED) is 0.604. The molecule has 0 bridgehead atoms. The van der Waals surface area contributed by atoms with E-state index in [0.29, 0.717) is 18.2 Å². The Balaban J connectivity index is 2.15. The zero-order valence-electron chi connectivity index (χ0n) is 12.0. The maximum Gasteiger partial charge on any atom is 0.311 e. The van der Waals surface area contributed by atoms with Gasteiger partial charge in [-0.1, -0.05) is 0 Å². The Morgan fingerprint density at radius 1 is 1.43 bits per heavy atom. The van der Waals surface area contributed by atoms with Crippen LogP contribution in [0.3, 0.4) is 0 Å². The number of pyridine rings is 1. The van der Waals surface area contributed by atoms with Crippen LogP contribution in [0.25, 0.3) is 0 Å². The van der Waals surface area contributed by atoms with E-state index in [0.717, 1.165) is 6.42 Å². The normalized spacial score (nSPS) is 11.9. The van der Waals surface area contributed by atoms with Crippen LogP contribution in [0.5, 0.6) is 0 Å². The van der Waals surface area contributed by atoms with Gasteiger partial charge in [0.25, 0.3) is 0 Å². The van der Waals surface area contributed by atoms with E-state index in [1.54, 1.807) is 17.4 Å². The molecule has 1 atom stereocenters. The summed E-state index contributed by atoms with van der Waals surface area (Å²) < 4.78 is 0. The highest BCUT2D eigenvalue weighted by atomic mass is 32.1. The fourth-order valence-electron chi connectivity index (χ4n) is 2.03. The SMILES string of the molecule is CCNc1ccc([N+](=O)[O-])c(NC(C)Cc2ccsc2)n1. The lowest BCUT2D eigenvalue weighted by atomic mass is 10.1. The number of aromatic nitrogens is 1. The average Bonchev–Trinajstić information content (AvgIpc) is 2.91. The summed E-state index contributed by atoms with van der Waals surface area (Å²) in [5.74, 6) is 0.939. The second kappa shape index (κ2) is 7.03. The van der Waals surface area contributed by atoms with Gasteiger partial charge in [-0.2, -0.15) is 11.3 Å². The van der Waals surface area contributed by atoms with Crippen LogP contribution in [0.2, 0.25) is 0 Å². The molecule has 2 aromatic rings. The standard InChI is InChI=1S/C14H18N4O2S/c1-3-15-13-5-4-12(18(19)20)14(17-13)16-10(2)8-11-6-7-21-9-11/h4-7,9-10H,3,8H2,1-2H3,(H2,15,16,17). The molecule has 0 aliphatic carbocycles. The first-order valence-electron chi connectivity index (χ1n) is 6.77. The van der Waals surface area contributed by atoms with Crippen molar-refractivity contribution in [3.05, 3.63) is 44.6 Å². The van der Waals surface area contributed by atoms with Crippen molar-refractivity contribution in [3.8, 4) is 0 Å². The molecule has 112 valence electrons. The third-order valence-corrected chi connectivity index (χ3v) is 3.67. The molecule has 0 radical (unpaired) electrons. The molecule has 0 saturated carbocycles. The summed E-state index contributed by atoms with van der Waals surface area (Å²) in [6.45, 7) is 4.66. The molecular formula is C14H18N4O2S. The number of nitrogens with zero attached hydrogens (tertiary/aromatic N) is 2. The lowest BCUT2D eigenvalue weighted by Gasteiger charge is -2.14. The predicted octanol–water partition coefficient (Wildman–Crippen LogP) is 3.53. The Morgan fingerprint density at radius 3 is 2.86 bits per heavy atom. The van der Waals surface area contributed by atoms with Crippen LogP contribution in [0.4, 0.5) is 17.3 Å². The fourth-order valence-corrected chi connectivity index (χ4v) is 2.71. The highest BCUT2D eigenvalue weighted by Gasteiger charge is 2.18. The van der Waals surface area contributed by atoms with Crippen molar-refractivity contribution in [1.29, 1.82) is 0 Å². The number of nitro groups is 1. The minimum absolute atomic E-state index is 0.00572. The summed E-state index contributed by atoms with van der Waals surface area (Å²) in [5, 5.41) is 21.4. The number of anilines is 2. The summed E-state index contributed by atoms with van der Waals surface area (Å²) in [6, 6.07) is 5.21. The van der Waals surface area contributed by atoms with Crippen molar-refractivity contribution in [2.24, 2.45) is 0 Å². The number of hydrogen-bond acceptors (Lipinski definition) is 6. The third kappa shape index (κ3) is 4.16. The summed E-state index contributed by atoms with van der Waals surface area (Å²) >= 11 is 1.64. The number of rotatable bonds is 7. The molecule has 0 aromatic carbocycles. The smallest absolute Gasteiger partial charge is 0.311 e. The van der Waals surface area contributed by atoms with Crippen LogP contribution in [0.15, 0.2) is 29.0 Å². The first kappa shape index (κ1) is 15.2. The van der Waals surface area contributed by atoms with Gasteiger partial charge in [0.15, 0.2) is 0 Å². The Labute approximate surface area is 127 Å². The van der Waals surface area contributed by atoms with Crippen LogP contribution in [0.1, 0.15) is 19.4 Å². The molecule has 1 unspecified atom stereocenters. The van der Waals surface area contributed by atoms with Gasteiger partial charge in [-0.25, -0.2) is 4.98 Å². The monoisotopic (exact) mass is 306 g/mol. The molecule has 0 spiro atoms. The van der Waals surface area contributed by atoms with Gasteiger partial charge in [-0.3, -0.25) is 10.1 Å². The maximum absolute atomic E-state index is 11.1. The first-order valence-corrected chi connectivity index (χ1v) is 7.71. The molecule has 0 aliphatic heterocycles. The van der Waals surface area contributed by atoms with Crippen molar-refractivity contribution in [3.63, 3.8) is 0 Å². The van der Waals surface area contributed by atoms with E-state index >= 15 is 0 Å². The zero-order valence-corrected chi connectivity index (χ0v) is 12.8. The van der Waals surface area contributed by atoms with Gasteiger partial charge in [0.05, 0.1) is 4.92 Å². The fraction of sp³-hybridized carbons (Fsp3) is 0.357. The third-order valence-electron chi connectivity index (χ3n) is 2.93. The summed E-state index contributed by atoms with van der Waals surface area (Å²) in [4.78, 5) is 15.0. The van der Waals surface area contributed by atoms with E-state index in [2.05, 4.69) is 27.1 Å². The molecular weight excluding hydrogens is 288 g/mol. The number of nitrogens with one attached hydrogen (secondary N) is 2. The summed E-state index contributed by atoms with van der Waals surface area (Å²) in [7, 11) is 0. The molecule has 2 rings (SSSR count). The van der Waals surface area contributed by atoms with Crippen molar-refractivity contribution >= 4 is 28.7 Å². The van der Waals surface area contributed by atoms with Crippen LogP contribution in [0, 0.1) is 10.1 Å². The second-order valence-electron chi connectivity index (χ2n) is 4.73. The molecule has 2 N–H and O–H groups in total. The van der Waals surface area contributed by atoms with Crippen molar-refractivity contribution in [2.45, 2.75) is 26.3 Å². The molecule has 0 amide bonds. The lowest BCUT2D eigenvalue weighted by Crippen LogP contribution is -2.19. The summed E-state index contributed by atoms with van der Waals surface area (Å²) in [6.07, 6.45) is 0.799. The molecule has 21 heavy (non-hydrogen) atoms. The van der Waals surface area contributed by atoms with E-state index in [9.17, 15) is 10.1 Å². The van der Waals surface area contributed by atoms with E-state index in [1.165, 1.54) is 11.6 Å². The van der Waals surface area contributed by atoms with Crippen LogP contribution < -0.4 is 10.6 Å². The van der Waals surface area contributed by atoms with Crippen molar-refractivity contribution in [1.82, 2.24) is 4.98 Å². The highest BCUT2D eigenvalue weighted by molar-refractivity contribution is 7.07. The van der Waals surface area contributed by atoms with E-state index in [-0.39, 0.29) is 11.7 Å². The lowest BCUT2D eigenvalue weighted by molar-refractivity contribution is -0.384. The molecule has 2 aromatic heterocycles. The molecule has 2 heterocycles. The topological polar surface area (TPSA) is 80.1 Å². The van der Waals surface area contributed by atoms with E-state index in [1.807, 2.05) is 19.2 Å². The molecule has 7 heteroatoms. The second-order valence-corrected chi connectivity index (χ2v) is 5.51. The Morgan fingerprint density at radius 2 is 2.24 bits per heavy atom. The van der Waals surface area contributed by atoms with Gasteiger partial charge in [-0.15, -0.1) is 0 Å². The van der Waals surface area contributed by atoms with Crippen LogP contribution in [-0.4, -0.2) is 22.5 Å². The van der Waals surface area contributed by atoms with Gasteiger partial charge in [-0.05, 0) is 48.7 Å². The Bertz CT molecular complexity index is 601. The average molecular weight is 306 g/mol. The van der Waals surface area contributed by atoms with Crippen LogP contribution >= 0.6 is 11.3 Å². The number of hydrogen-bond donors (Lipinski definition) is 2. The van der Waals surface area contributed by atoms with Crippen molar-refractivity contribution in [2.75, 3.05) is 17.2 Å². The van der Waals surface area contributed by atoms with Gasteiger partial charge in [0, 0.05) is 18.7 Å². The van der Waals surface area contributed by atoms with Gasteiger partial charge in [0.2, 0.25) is 5.82 Å². The van der Waals surface area contributed by atoms with Crippen molar-refractivity contribution < 1.29 is 4.92 Å². The molecule has 0 aliphatic rings. The van der Waals surface area contributed by atoms with Gasteiger partial charge >= 0.3 is 5.69 Å². The van der Waals surface area contributed by atoms with Gasteiger partial charge < -0.3 is 10.6 Å².